The van der Waals surface area contributed by atoms with Gasteiger partial charge in [0.05, 0.1) is 5.56 Å². The number of aromatic nitrogens is 1. The summed E-state index contributed by atoms with van der Waals surface area (Å²) in [5.41, 5.74) is 1.66. The number of esters is 1. The third-order valence-corrected chi connectivity index (χ3v) is 6.06. The first kappa shape index (κ1) is 14.5. The molecule has 22 heavy (non-hydrogen) atoms. The van der Waals surface area contributed by atoms with Gasteiger partial charge in [0.1, 0.15) is 6.10 Å². The second-order valence-corrected chi connectivity index (χ2v) is 7.58. The largest absolute Gasteiger partial charge is 0.459 e. The van der Waals surface area contributed by atoms with Crippen LogP contribution in [0.25, 0.3) is 10.9 Å². The number of hydrogen-bond acceptors (Lipinski definition) is 3. The summed E-state index contributed by atoms with van der Waals surface area (Å²) in [5.74, 6) is -0.183. The van der Waals surface area contributed by atoms with Crippen molar-refractivity contribution >= 4 is 39.5 Å². The first-order valence-corrected chi connectivity index (χ1v) is 8.90. The Morgan fingerprint density at radius 2 is 2.05 bits per heavy atom. The normalized spacial score (nSPS) is 28.2. The maximum absolute atomic E-state index is 12.6. The number of carbonyl (C=O) groups is 1. The third-order valence-electron chi connectivity index (χ3n) is 5.21. The van der Waals surface area contributed by atoms with Crippen LogP contribution in [0.3, 0.4) is 0 Å². The summed E-state index contributed by atoms with van der Waals surface area (Å²) in [7, 11) is 2.20. The molecule has 0 amide bonds. The highest BCUT2D eigenvalue weighted by atomic mass is 127. The summed E-state index contributed by atoms with van der Waals surface area (Å²) in [6, 6.07) is 6.93. The van der Waals surface area contributed by atoms with Gasteiger partial charge in [0.2, 0.25) is 0 Å². The minimum atomic E-state index is -0.183. The highest BCUT2D eigenvalue weighted by Gasteiger charge is 2.40. The van der Waals surface area contributed by atoms with Crippen LogP contribution in [0.15, 0.2) is 24.4 Å². The van der Waals surface area contributed by atoms with Gasteiger partial charge >= 0.3 is 5.97 Å². The molecule has 0 spiro atoms. The maximum atomic E-state index is 12.6. The molecule has 2 atom stereocenters. The van der Waals surface area contributed by atoms with Gasteiger partial charge in [-0.3, -0.25) is 0 Å². The van der Waals surface area contributed by atoms with Gasteiger partial charge in [-0.1, -0.05) is 6.07 Å². The molecule has 2 aliphatic heterocycles. The molecule has 0 aliphatic carbocycles. The fourth-order valence-corrected chi connectivity index (χ4v) is 4.72. The minimum Gasteiger partial charge on any atom is -0.459 e. The summed E-state index contributed by atoms with van der Waals surface area (Å²) in [5, 5.41) is 0.976. The highest BCUT2D eigenvalue weighted by molar-refractivity contribution is 14.1. The van der Waals surface area contributed by atoms with Crippen molar-refractivity contribution in [1.82, 2.24) is 9.88 Å². The number of rotatable bonds is 2. The fourth-order valence-electron chi connectivity index (χ4n) is 3.99. The van der Waals surface area contributed by atoms with E-state index in [1.165, 1.54) is 12.8 Å². The molecule has 116 valence electrons. The second-order valence-electron chi connectivity index (χ2n) is 6.41. The lowest BCUT2D eigenvalue weighted by atomic mass is 10.0. The number of ether oxygens (including phenoxy) is 1. The third kappa shape index (κ3) is 2.34. The van der Waals surface area contributed by atoms with Crippen molar-refractivity contribution in [2.24, 2.45) is 0 Å². The molecule has 2 aromatic rings. The van der Waals surface area contributed by atoms with Crippen molar-refractivity contribution in [2.75, 3.05) is 7.05 Å². The Morgan fingerprint density at radius 3 is 2.77 bits per heavy atom. The van der Waals surface area contributed by atoms with Gasteiger partial charge in [0.25, 0.3) is 0 Å². The Balaban J connectivity index is 1.56. The van der Waals surface area contributed by atoms with Gasteiger partial charge in [-0.25, -0.2) is 4.79 Å². The summed E-state index contributed by atoms with van der Waals surface area (Å²) >= 11 is 2.26. The van der Waals surface area contributed by atoms with E-state index in [2.05, 4.69) is 39.5 Å². The van der Waals surface area contributed by atoms with Crippen LogP contribution < -0.4 is 0 Å². The van der Waals surface area contributed by atoms with Crippen molar-refractivity contribution in [3.63, 3.8) is 0 Å². The molecule has 1 N–H and O–H groups in total. The number of nitrogens with zero attached hydrogens (tertiary/aromatic N) is 1. The van der Waals surface area contributed by atoms with Crippen molar-refractivity contribution in [3.8, 4) is 0 Å². The SMILES string of the molecule is CN1C2CCC1CC(OC(=O)c1cccc3[nH]cc(I)c13)C2. The standard InChI is InChI=1S/C17H19IN2O2/c1-20-10-5-6-11(20)8-12(7-10)22-17(21)13-3-2-4-15-16(13)14(18)9-19-15/h2-4,9-12,19H,5-8H2,1H3. The smallest absolute Gasteiger partial charge is 0.339 e. The van der Waals surface area contributed by atoms with Gasteiger partial charge in [-0.2, -0.15) is 0 Å². The van der Waals surface area contributed by atoms with E-state index in [1.54, 1.807) is 0 Å². The van der Waals surface area contributed by atoms with E-state index in [0.717, 1.165) is 27.3 Å². The molecule has 2 unspecified atom stereocenters. The summed E-state index contributed by atoms with van der Waals surface area (Å²) < 4.78 is 6.92. The number of aromatic amines is 1. The van der Waals surface area contributed by atoms with Crippen LogP contribution in [-0.2, 0) is 4.74 Å². The topological polar surface area (TPSA) is 45.3 Å². The predicted molar refractivity (Wildman–Crippen MR) is 94.0 cm³/mol. The Morgan fingerprint density at radius 1 is 1.32 bits per heavy atom. The van der Waals surface area contributed by atoms with Gasteiger partial charge in [-0.05, 0) is 54.6 Å². The molecule has 1 aromatic carbocycles. The van der Waals surface area contributed by atoms with Gasteiger partial charge < -0.3 is 14.6 Å². The molecule has 2 aliphatic rings. The number of benzene rings is 1. The van der Waals surface area contributed by atoms with E-state index in [9.17, 15) is 4.79 Å². The first-order valence-electron chi connectivity index (χ1n) is 7.82. The number of piperidine rings is 1. The molecule has 2 saturated heterocycles. The average Bonchev–Trinajstić information content (AvgIpc) is 2.96. The molecular weight excluding hydrogens is 391 g/mol. The van der Waals surface area contributed by atoms with Crippen LogP contribution in [0.4, 0.5) is 0 Å². The van der Waals surface area contributed by atoms with E-state index in [0.29, 0.717) is 17.6 Å². The van der Waals surface area contributed by atoms with Crippen LogP contribution in [0.1, 0.15) is 36.0 Å². The summed E-state index contributed by atoms with van der Waals surface area (Å²) in [6.45, 7) is 0. The van der Waals surface area contributed by atoms with Crippen molar-refractivity contribution < 1.29 is 9.53 Å². The summed E-state index contributed by atoms with van der Waals surface area (Å²) in [6.07, 6.45) is 6.41. The lowest BCUT2D eigenvalue weighted by molar-refractivity contribution is -0.000265. The van der Waals surface area contributed by atoms with E-state index in [4.69, 9.17) is 4.74 Å². The van der Waals surface area contributed by atoms with Gasteiger partial charge in [0, 0.05) is 45.6 Å². The number of nitrogens with one attached hydrogen (secondary N) is 1. The molecule has 0 radical (unpaired) electrons. The molecule has 5 heteroatoms. The van der Waals surface area contributed by atoms with E-state index in [1.807, 2.05) is 24.4 Å². The predicted octanol–water partition coefficient (Wildman–Crippen LogP) is 3.55. The first-order chi connectivity index (χ1) is 10.6. The number of carbonyl (C=O) groups excluding carboxylic acids is 1. The second kappa shape index (κ2) is 5.53. The molecular formula is C17H19IN2O2. The lowest BCUT2D eigenvalue weighted by Crippen LogP contribution is -2.43. The van der Waals surface area contributed by atoms with Crippen LogP contribution in [0, 0.1) is 3.57 Å². The Labute approximate surface area is 143 Å². The fraction of sp³-hybridized carbons (Fsp3) is 0.471. The Kier molecular flexibility index (Phi) is 3.64. The number of hydrogen-bond donors (Lipinski definition) is 1. The minimum absolute atomic E-state index is 0.0630. The zero-order chi connectivity index (χ0) is 15.3. The Bertz CT molecular complexity index is 713. The van der Waals surface area contributed by atoms with Crippen molar-refractivity contribution in [1.29, 1.82) is 0 Å². The van der Waals surface area contributed by atoms with Crippen LogP contribution >= 0.6 is 22.6 Å². The van der Waals surface area contributed by atoms with Crippen LogP contribution in [-0.4, -0.2) is 41.1 Å². The zero-order valence-electron chi connectivity index (χ0n) is 12.5. The molecule has 4 nitrogen and oxygen atoms in total. The molecule has 0 saturated carbocycles. The molecule has 3 heterocycles. The number of H-pyrrole nitrogens is 1. The highest BCUT2D eigenvalue weighted by Crippen LogP contribution is 2.36. The zero-order valence-corrected chi connectivity index (χ0v) is 14.7. The quantitative estimate of drug-likeness (QED) is 0.609. The molecule has 2 bridgehead atoms. The molecule has 2 fully saturated rings. The average molecular weight is 410 g/mol. The van der Waals surface area contributed by atoms with E-state index in [-0.39, 0.29) is 12.1 Å². The van der Waals surface area contributed by atoms with E-state index < -0.39 is 0 Å². The van der Waals surface area contributed by atoms with Crippen molar-refractivity contribution in [3.05, 3.63) is 33.5 Å². The number of halogens is 1. The van der Waals surface area contributed by atoms with Crippen LogP contribution in [0.2, 0.25) is 0 Å². The lowest BCUT2D eigenvalue weighted by Gasteiger charge is -2.35. The van der Waals surface area contributed by atoms with Crippen molar-refractivity contribution in [2.45, 2.75) is 43.9 Å². The molecule has 4 rings (SSSR count). The monoisotopic (exact) mass is 410 g/mol. The van der Waals surface area contributed by atoms with Crippen LogP contribution in [0.5, 0.6) is 0 Å². The summed E-state index contributed by atoms with van der Waals surface area (Å²) in [4.78, 5) is 18.3. The number of fused-ring (bicyclic) bond motifs is 3. The van der Waals surface area contributed by atoms with E-state index >= 15 is 0 Å². The maximum Gasteiger partial charge on any atom is 0.339 e. The Hall–Kier alpha value is -1.08. The van der Waals surface area contributed by atoms with Gasteiger partial charge in [0.15, 0.2) is 0 Å². The van der Waals surface area contributed by atoms with Gasteiger partial charge in [-0.15, -0.1) is 0 Å². The molecule has 1 aromatic heterocycles.